The van der Waals surface area contributed by atoms with Crippen molar-refractivity contribution in [2.24, 2.45) is 5.73 Å². The molecule has 1 aromatic carbocycles. The first-order valence-electron chi connectivity index (χ1n) is 4.87. The van der Waals surface area contributed by atoms with E-state index in [1.165, 1.54) is 0 Å². The number of aliphatic hydroxyl groups is 1. The van der Waals surface area contributed by atoms with Gasteiger partial charge >= 0.3 is 0 Å². The van der Waals surface area contributed by atoms with Crippen LogP contribution < -0.4 is 11.1 Å². The Hall–Kier alpha value is -1.39. The van der Waals surface area contributed by atoms with Crippen LogP contribution in [-0.4, -0.2) is 23.7 Å². The standard InChI is InChI=1S/C11H16N2O2/c1-8(7-14)13-6-9-4-2-3-5-10(9)11(12)15/h2-5,8,13-14H,6-7H2,1H3,(H2,12,15). The molecule has 15 heavy (non-hydrogen) atoms. The molecule has 0 bridgehead atoms. The maximum absolute atomic E-state index is 11.1. The second kappa shape index (κ2) is 5.48. The monoisotopic (exact) mass is 208 g/mol. The largest absolute Gasteiger partial charge is 0.395 e. The molecule has 0 aliphatic carbocycles. The third-order valence-corrected chi connectivity index (χ3v) is 2.20. The molecule has 1 rings (SSSR count). The van der Waals surface area contributed by atoms with E-state index in [1.54, 1.807) is 12.1 Å². The zero-order valence-electron chi connectivity index (χ0n) is 8.73. The van der Waals surface area contributed by atoms with E-state index in [0.717, 1.165) is 5.56 Å². The van der Waals surface area contributed by atoms with Crippen molar-refractivity contribution in [3.05, 3.63) is 35.4 Å². The van der Waals surface area contributed by atoms with Gasteiger partial charge in [0.2, 0.25) is 5.91 Å². The smallest absolute Gasteiger partial charge is 0.249 e. The molecule has 82 valence electrons. The molecule has 4 N–H and O–H groups in total. The van der Waals surface area contributed by atoms with Gasteiger partial charge in [-0.15, -0.1) is 0 Å². The van der Waals surface area contributed by atoms with Gasteiger partial charge in [-0.25, -0.2) is 0 Å². The molecule has 0 aromatic heterocycles. The number of amides is 1. The van der Waals surface area contributed by atoms with Crippen molar-refractivity contribution in [1.82, 2.24) is 5.32 Å². The predicted octanol–water partition coefficient (Wildman–Crippen LogP) is 0.256. The Morgan fingerprint density at radius 3 is 2.80 bits per heavy atom. The molecule has 0 saturated carbocycles. The molecule has 4 nitrogen and oxygen atoms in total. The van der Waals surface area contributed by atoms with Crippen LogP contribution >= 0.6 is 0 Å². The number of nitrogens with one attached hydrogen (secondary N) is 1. The molecule has 1 atom stereocenters. The highest BCUT2D eigenvalue weighted by atomic mass is 16.3. The normalized spacial score (nSPS) is 12.4. The summed E-state index contributed by atoms with van der Waals surface area (Å²) in [4.78, 5) is 11.1. The van der Waals surface area contributed by atoms with Gasteiger partial charge in [0.15, 0.2) is 0 Å². The van der Waals surface area contributed by atoms with Crippen molar-refractivity contribution in [3.63, 3.8) is 0 Å². The van der Waals surface area contributed by atoms with Gasteiger partial charge in [-0.05, 0) is 18.6 Å². The third-order valence-electron chi connectivity index (χ3n) is 2.20. The van der Waals surface area contributed by atoms with E-state index in [0.29, 0.717) is 12.1 Å². The van der Waals surface area contributed by atoms with E-state index >= 15 is 0 Å². The maximum atomic E-state index is 11.1. The Labute approximate surface area is 89.1 Å². The summed E-state index contributed by atoms with van der Waals surface area (Å²) in [6.07, 6.45) is 0. The van der Waals surface area contributed by atoms with Crippen LogP contribution in [0.5, 0.6) is 0 Å². The molecular formula is C11H16N2O2. The van der Waals surface area contributed by atoms with Crippen LogP contribution in [0.25, 0.3) is 0 Å². The zero-order chi connectivity index (χ0) is 11.3. The molecule has 0 radical (unpaired) electrons. The number of primary amides is 1. The van der Waals surface area contributed by atoms with Crippen molar-refractivity contribution in [1.29, 1.82) is 0 Å². The lowest BCUT2D eigenvalue weighted by molar-refractivity contribution is 0.0999. The van der Waals surface area contributed by atoms with E-state index in [-0.39, 0.29) is 12.6 Å². The first-order chi connectivity index (χ1) is 7.15. The van der Waals surface area contributed by atoms with Crippen molar-refractivity contribution in [3.8, 4) is 0 Å². The summed E-state index contributed by atoms with van der Waals surface area (Å²) in [5.74, 6) is -0.427. The summed E-state index contributed by atoms with van der Waals surface area (Å²) in [5.41, 5.74) is 6.61. The first kappa shape index (κ1) is 11.7. The van der Waals surface area contributed by atoms with Crippen molar-refractivity contribution in [2.75, 3.05) is 6.61 Å². The molecule has 0 heterocycles. The fraction of sp³-hybridized carbons (Fsp3) is 0.364. The van der Waals surface area contributed by atoms with Crippen molar-refractivity contribution >= 4 is 5.91 Å². The van der Waals surface area contributed by atoms with Crippen LogP contribution in [0.3, 0.4) is 0 Å². The summed E-state index contributed by atoms with van der Waals surface area (Å²) in [5, 5.41) is 11.9. The lowest BCUT2D eigenvalue weighted by Gasteiger charge is -2.12. The topological polar surface area (TPSA) is 75.3 Å². The number of benzene rings is 1. The zero-order valence-corrected chi connectivity index (χ0v) is 8.73. The summed E-state index contributed by atoms with van der Waals surface area (Å²) < 4.78 is 0. The predicted molar refractivity (Wildman–Crippen MR) is 58.3 cm³/mol. The summed E-state index contributed by atoms with van der Waals surface area (Å²) in [7, 11) is 0. The highest BCUT2D eigenvalue weighted by Gasteiger charge is 2.07. The van der Waals surface area contributed by atoms with E-state index < -0.39 is 5.91 Å². The number of hydrogen-bond donors (Lipinski definition) is 3. The number of rotatable bonds is 5. The average Bonchev–Trinajstić information content (AvgIpc) is 2.26. The molecule has 4 heteroatoms. The fourth-order valence-corrected chi connectivity index (χ4v) is 1.26. The van der Waals surface area contributed by atoms with Crippen molar-refractivity contribution in [2.45, 2.75) is 19.5 Å². The summed E-state index contributed by atoms with van der Waals surface area (Å²) in [6, 6.07) is 7.18. The highest BCUT2D eigenvalue weighted by Crippen LogP contribution is 2.07. The second-order valence-electron chi connectivity index (χ2n) is 3.49. The van der Waals surface area contributed by atoms with Gasteiger partial charge in [0.25, 0.3) is 0 Å². The van der Waals surface area contributed by atoms with E-state index in [2.05, 4.69) is 5.32 Å². The minimum atomic E-state index is -0.427. The first-order valence-corrected chi connectivity index (χ1v) is 4.87. The number of carbonyl (C=O) groups is 1. The molecule has 1 aromatic rings. The molecule has 1 amide bonds. The summed E-state index contributed by atoms with van der Waals surface area (Å²) >= 11 is 0. The minimum absolute atomic E-state index is 0.00549. The molecule has 0 fully saturated rings. The number of aliphatic hydroxyl groups excluding tert-OH is 1. The quantitative estimate of drug-likeness (QED) is 0.649. The van der Waals surface area contributed by atoms with Gasteiger partial charge in [0.05, 0.1) is 6.61 Å². The van der Waals surface area contributed by atoms with Gasteiger partial charge < -0.3 is 16.2 Å². The Balaban J connectivity index is 2.72. The molecule has 0 spiro atoms. The van der Waals surface area contributed by atoms with Gasteiger partial charge in [-0.2, -0.15) is 0 Å². The minimum Gasteiger partial charge on any atom is -0.395 e. The van der Waals surface area contributed by atoms with Crippen LogP contribution in [0.1, 0.15) is 22.8 Å². The Kier molecular flexibility index (Phi) is 4.27. The van der Waals surface area contributed by atoms with E-state index in [1.807, 2.05) is 19.1 Å². The second-order valence-corrected chi connectivity index (χ2v) is 3.49. The van der Waals surface area contributed by atoms with Crippen LogP contribution in [0.4, 0.5) is 0 Å². The maximum Gasteiger partial charge on any atom is 0.249 e. The van der Waals surface area contributed by atoms with Gasteiger partial charge in [-0.1, -0.05) is 18.2 Å². The van der Waals surface area contributed by atoms with Crippen LogP contribution in [0.2, 0.25) is 0 Å². The summed E-state index contributed by atoms with van der Waals surface area (Å²) in [6.45, 7) is 2.46. The Morgan fingerprint density at radius 1 is 1.53 bits per heavy atom. The van der Waals surface area contributed by atoms with Gasteiger partial charge in [0, 0.05) is 18.2 Å². The fourth-order valence-electron chi connectivity index (χ4n) is 1.26. The Morgan fingerprint density at radius 2 is 2.20 bits per heavy atom. The average molecular weight is 208 g/mol. The molecule has 0 saturated heterocycles. The molecule has 0 aliphatic rings. The van der Waals surface area contributed by atoms with Gasteiger partial charge in [-0.3, -0.25) is 4.79 Å². The van der Waals surface area contributed by atoms with Crippen LogP contribution in [0, 0.1) is 0 Å². The number of hydrogen-bond acceptors (Lipinski definition) is 3. The molecule has 1 unspecified atom stereocenters. The van der Waals surface area contributed by atoms with Crippen LogP contribution in [-0.2, 0) is 6.54 Å². The third kappa shape index (κ3) is 3.34. The lowest BCUT2D eigenvalue weighted by atomic mass is 10.1. The molecular weight excluding hydrogens is 192 g/mol. The Bertz CT molecular complexity index is 339. The number of carbonyl (C=O) groups excluding carboxylic acids is 1. The van der Waals surface area contributed by atoms with Crippen LogP contribution in [0.15, 0.2) is 24.3 Å². The lowest BCUT2D eigenvalue weighted by Crippen LogP contribution is -2.29. The van der Waals surface area contributed by atoms with Gasteiger partial charge in [0.1, 0.15) is 0 Å². The number of nitrogens with two attached hydrogens (primary N) is 1. The SMILES string of the molecule is CC(CO)NCc1ccccc1C(N)=O. The van der Waals surface area contributed by atoms with Crippen molar-refractivity contribution < 1.29 is 9.90 Å². The van der Waals surface area contributed by atoms with E-state index in [9.17, 15) is 4.79 Å². The highest BCUT2D eigenvalue weighted by molar-refractivity contribution is 5.94. The molecule has 0 aliphatic heterocycles. The van der Waals surface area contributed by atoms with E-state index in [4.69, 9.17) is 10.8 Å².